The zero-order chi connectivity index (χ0) is 8.27. The molecule has 1 aliphatic rings. The molecule has 2 N–H and O–H groups in total. The summed E-state index contributed by atoms with van der Waals surface area (Å²) >= 11 is 0. The van der Waals surface area contributed by atoms with Crippen molar-refractivity contribution in [1.82, 2.24) is 4.90 Å². The first kappa shape index (κ1) is 8.97. The number of hydrogen-bond donors (Lipinski definition) is 2. The van der Waals surface area contributed by atoms with E-state index in [0.29, 0.717) is 18.4 Å². The fraction of sp³-hybridized carbons (Fsp3) is 1.00. The molecule has 0 aromatic carbocycles. The lowest BCUT2D eigenvalue weighted by atomic mass is 9.99. The van der Waals surface area contributed by atoms with E-state index in [-0.39, 0.29) is 6.61 Å². The smallest absolute Gasteiger partial charge is 0.0483 e. The van der Waals surface area contributed by atoms with Crippen LogP contribution in [0, 0.1) is 11.8 Å². The summed E-state index contributed by atoms with van der Waals surface area (Å²) in [5.74, 6) is 0.857. The number of hydrogen-bond acceptors (Lipinski definition) is 3. The van der Waals surface area contributed by atoms with Crippen molar-refractivity contribution in [2.45, 2.75) is 6.92 Å². The Hall–Kier alpha value is -0.120. The van der Waals surface area contributed by atoms with Gasteiger partial charge in [-0.25, -0.2) is 0 Å². The third-order valence-corrected chi connectivity index (χ3v) is 2.17. The van der Waals surface area contributed by atoms with Crippen molar-refractivity contribution in [3.63, 3.8) is 0 Å². The van der Waals surface area contributed by atoms with Crippen LogP contribution < -0.4 is 0 Å². The second kappa shape index (κ2) is 4.04. The van der Waals surface area contributed by atoms with E-state index in [4.69, 9.17) is 10.2 Å². The predicted molar refractivity (Wildman–Crippen MR) is 43.3 cm³/mol. The summed E-state index contributed by atoms with van der Waals surface area (Å²) in [6, 6.07) is 0. The molecule has 1 saturated heterocycles. The van der Waals surface area contributed by atoms with Gasteiger partial charge in [0, 0.05) is 38.8 Å². The van der Waals surface area contributed by atoms with Gasteiger partial charge in [0.2, 0.25) is 0 Å². The Kier molecular flexibility index (Phi) is 3.30. The summed E-state index contributed by atoms with van der Waals surface area (Å²) < 4.78 is 0. The van der Waals surface area contributed by atoms with Crippen LogP contribution in [0.25, 0.3) is 0 Å². The molecular weight excluding hydrogens is 142 g/mol. The maximum Gasteiger partial charge on any atom is 0.0483 e. The van der Waals surface area contributed by atoms with E-state index in [1.54, 1.807) is 0 Å². The average Bonchev–Trinajstić information content (AvgIpc) is 1.95. The molecule has 1 aliphatic heterocycles. The van der Waals surface area contributed by atoms with E-state index in [2.05, 4.69) is 4.90 Å². The van der Waals surface area contributed by atoms with Gasteiger partial charge in [-0.1, -0.05) is 6.92 Å². The van der Waals surface area contributed by atoms with Gasteiger partial charge in [-0.2, -0.15) is 0 Å². The summed E-state index contributed by atoms with van der Waals surface area (Å²) in [6.45, 7) is 5.57. The van der Waals surface area contributed by atoms with Crippen LogP contribution in [-0.2, 0) is 0 Å². The monoisotopic (exact) mass is 159 g/mol. The second-order valence-electron chi connectivity index (χ2n) is 3.55. The molecule has 0 bridgehead atoms. The standard InChI is InChI=1S/C8H17NO2/c1-7(5-10)2-9-3-8(4-9)6-11/h7-8,10-11H,2-6H2,1H3. The van der Waals surface area contributed by atoms with E-state index >= 15 is 0 Å². The lowest BCUT2D eigenvalue weighted by Crippen LogP contribution is -2.50. The Labute approximate surface area is 67.6 Å². The molecule has 0 aliphatic carbocycles. The minimum Gasteiger partial charge on any atom is -0.396 e. The summed E-state index contributed by atoms with van der Waals surface area (Å²) in [7, 11) is 0. The predicted octanol–water partition coefficient (Wildman–Crippen LogP) is -0.461. The first-order valence-electron chi connectivity index (χ1n) is 4.20. The molecule has 0 radical (unpaired) electrons. The van der Waals surface area contributed by atoms with Crippen molar-refractivity contribution >= 4 is 0 Å². The largest absolute Gasteiger partial charge is 0.396 e. The van der Waals surface area contributed by atoms with Crippen LogP contribution in [0.4, 0.5) is 0 Å². The zero-order valence-corrected chi connectivity index (χ0v) is 7.03. The van der Waals surface area contributed by atoms with E-state index in [9.17, 15) is 0 Å². The SMILES string of the molecule is CC(CO)CN1CC(CO)C1. The molecule has 1 atom stereocenters. The summed E-state index contributed by atoms with van der Waals surface area (Å²) in [5, 5.41) is 17.5. The van der Waals surface area contributed by atoms with Crippen LogP contribution >= 0.6 is 0 Å². The molecule has 0 amide bonds. The molecule has 3 heteroatoms. The minimum absolute atomic E-state index is 0.264. The number of aliphatic hydroxyl groups excluding tert-OH is 2. The zero-order valence-electron chi connectivity index (χ0n) is 7.03. The Bertz CT molecular complexity index is 113. The first-order valence-corrected chi connectivity index (χ1v) is 4.20. The first-order chi connectivity index (χ1) is 5.26. The van der Waals surface area contributed by atoms with Gasteiger partial charge >= 0.3 is 0 Å². The van der Waals surface area contributed by atoms with Crippen molar-refractivity contribution in [3.05, 3.63) is 0 Å². The van der Waals surface area contributed by atoms with Crippen LogP contribution in [0.3, 0.4) is 0 Å². The highest BCUT2D eigenvalue weighted by Gasteiger charge is 2.26. The molecule has 3 nitrogen and oxygen atoms in total. The molecular formula is C8H17NO2. The van der Waals surface area contributed by atoms with Gasteiger partial charge in [0.15, 0.2) is 0 Å². The van der Waals surface area contributed by atoms with Gasteiger partial charge in [0.1, 0.15) is 0 Å². The van der Waals surface area contributed by atoms with Gasteiger partial charge in [-0.15, -0.1) is 0 Å². The fourth-order valence-electron chi connectivity index (χ4n) is 1.44. The number of likely N-dealkylation sites (tertiary alicyclic amines) is 1. The summed E-state index contributed by atoms with van der Waals surface area (Å²) in [6.07, 6.45) is 0. The van der Waals surface area contributed by atoms with Crippen molar-refractivity contribution in [2.75, 3.05) is 32.8 Å². The molecule has 11 heavy (non-hydrogen) atoms. The van der Waals surface area contributed by atoms with E-state index < -0.39 is 0 Å². The quantitative estimate of drug-likeness (QED) is 0.583. The van der Waals surface area contributed by atoms with Crippen molar-refractivity contribution in [2.24, 2.45) is 11.8 Å². The lowest BCUT2D eigenvalue weighted by Gasteiger charge is -2.39. The minimum atomic E-state index is 0.264. The van der Waals surface area contributed by atoms with Crippen molar-refractivity contribution in [3.8, 4) is 0 Å². The van der Waals surface area contributed by atoms with E-state index in [0.717, 1.165) is 19.6 Å². The molecule has 0 aromatic rings. The van der Waals surface area contributed by atoms with Gasteiger partial charge < -0.3 is 15.1 Å². The number of nitrogens with zero attached hydrogens (tertiary/aromatic N) is 1. The van der Waals surface area contributed by atoms with Gasteiger partial charge in [-0.05, 0) is 5.92 Å². The third kappa shape index (κ3) is 2.43. The molecule has 0 saturated carbocycles. The molecule has 1 rings (SSSR count). The van der Waals surface area contributed by atoms with Gasteiger partial charge in [0.05, 0.1) is 0 Å². The molecule has 1 heterocycles. The van der Waals surface area contributed by atoms with Crippen LogP contribution in [0.2, 0.25) is 0 Å². The lowest BCUT2D eigenvalue weighted by molar-refractivity contribution is 0.0359. The van der Waals surface area contributed by atoms with Gasteiger partial charge in [0.25, 0.3) is 0 Å². The Morgan fingerprint density at radius 2 is 2.09 bits per heavy atom. The number of rotatable bonds is 4. The topological polar surface area (TPSA) is 43.7 Å². The molecule has 0 spiro atoms. The van der Waals surface area contributed by atoms with Crippen LogP contribution in [0.15, 0.2) is 0 Å². The van der Waals surface area contributed by atoms with Gasteiger partial charge in [-0.3, -0.25) is 0 Å². The molecule has 66 valence electrons. The molecule has 1 fully saturated rings. The number of aliphatic hydroxyl groups is 2. The third-order valence-electron chi connectivity index (χ3n) is 2.17. The second-order valence-corrected chi connectivity index (χ2v) is 3.55. The van der Waals surface area contributed by atoms with Crippen LogP contribution in [0.1, 0.15) is 6.92 Å². The summed E-state index contributed by atoms with van der Waals surface area (Å²) in [5.41, 5.74) is 0. The Morgan fingerprint density at radius 3 is 2.55 bits per heavy atom. The highest BCUT2D eigenvalue weighted by Crippen LogP contribution is 2.15. The Balaban J connectivity index is 2.04. The van der Waals surface area contributed by atoms with Crippen LogP contribution in [0.5, 0.6) is 0 Å². The highest BCUT2D eigenvalue weighted by molar-refractivity contribution is 4.79. The maximum atomic E-state index is 8.75. The van der Waals surface area contributed by atoms with E-state index in [1.165, 1.54) is 0 Å². The normalized spacial score (nSPS) is 23.2. The van der Waals surface area contributed by atoms with E-state index in [1.807, 2.05) is 6.92 Å². The highest BCUT2D eigenvalue weighted by atomic mass is 16.3. The Morgan fingerprint density at radius 1 is 1.45 bits per heavy atom. The van der Waals surface area contributed by atoms with Crippen molar-refractivity contribution in [1.29, 1.82) is 0 Å². The molecule has 0 aromatic heterocycles. The fourth-order valence-corrected chi connectivity index (χ4v) is 1.44. The van der Waals surface area contributed by atoms with Crippen molar-refractivity contribution < 1.29 is 10.2 Å². The summed E-state index contributed by atoms with van der Waals surface area (Å²) in [4.78, 5) is 2.27. The molecule has 1 unspecified atom stereocenters. The average molecular weight is 159 g/mol. The van der Waals surface area contributed by atoms with Crippen LogP contribution in [-0.4, -0.2) is 48.0 Å². The maximum absolute atomic E-state index is 8.75.